The number of carbonyl (C=O) groups excluding carboxylic acids is 2. The van der Waals surface area contributed by atoms with E-state index in [4.69, 9.17) is 9.47 Å². The van der Waals surface area contributed by atoms with Gasteiger partial charge in [-0.2, -0.15) is 9.78 Å². The standard InChI is InChI=1S/C22H20N6O4/c1-3-31-21(29)15-13-23-28(19-12-9-14-7-5-6-8-16(14)24-19)20(15)25-18-11-10-17(26-27-18)22(30)32-4-2/h5-13H,3-4H2,1-2H3,(H,25,27). The van der Waals surface area contributed by atoms with Crippen molar-refractivity contribution in [3.8, 4) is 5.82 Å². The summed E-state index contributed by atoms with van der Waals surface area (Å²) in [6.45, 7) is 3.88. The molecule has 10 heteroatoms. The minimum absolute atomic E-state index is 0.0766. The molecular weight excluding hydrogens is 412 g/mol. The summed E-state index contributed by atoms with van der Waals surface area (Å²) in [6, 6.07) is 14.4. The smallest absolute Gasteiger partial charge is 0.358 e. The van der Waals surface area contributed by atoms with Gasteiger partial charge in [-0.25, -0.2) is 14.6 Å². The van der Waals surface area contributed by atoms with Crippen molar-refractivity contribution in [3.05, 3.63) is 66.0 Å². The van der Waals surface area contributed by atoms with Gasteiger partial charge in [0.25, 0.3) is 0 Å². The molecule has 1 aromatic carbocycles. The molecule has 0 saturated heterocycles. The van der Waals surface area contributed by atoms with Gasteiger partial charge in [-0.05, 0) is 44.2 Å². The number of carbonyl (C=O) groups is 2. The van der Waals surface area contributed by atoms with Crippen molar-refractivity contribution in [3.63, 3.8) is 0 Å². The molecule has 0 atom stereocenters. The van der Waals surface area contributed by atoms with Crippen molar-refractivity contribution in [1.82, 2.24) is 25.0 Å². The van der Waals surface area contributed by atoms with E-state index >= 15 is 0 Å². The molecule has 0 unspecified atom stereocenters. The molecule has 10 nitrogen and oxygen atoms in total. The number of esters is 2. The summed E-state index contributed by atoms with van der Waals surface area (Å²) in [5.41, 5.74) is 1.06. The first-order valence-electron chi connectivity index (χ1n) is 10.00. The zero-order valence-electron chi connectivity index (χ0n) is 17.5. The van der Waals surface area contributed by atoms with Crippen LogP contribution in [0.5, 0.6) is 0 Å². The van der Waals surface area contributed by atoms with Crippen LogP contribution in [-0.2, 0) is 9.47 Å². The van der Waals surface area contributed by atoms with E-state index in [1.54, 1.807) is 26.0 Å². The molecule has 32 heavy (non-hydrogen) atoms. The molecular formula is C22H20N6O4. The van der Waals surface area contributed by atoms with Crippen LogP contribution >= 0.6 is 0 Å². The summed E-state index contributed by atoms with van der Waals surface area (Å²) in [5, 5.41) is 16.2. The largest absolute Gasteiger partial charge is 0.462 e. The second kappa shape index (κ2) is 9.21. The van der Waals surface area contributed by atoms with Gasteiger partial charge in [0.05, 0.1) is 24.9 Å². The van der Waals surface area contributed by atoms with Gasteiger partial charge < -0.3 is 14.8 Å². The molecule has 0 spiro atoms. The number of aromatic nitrogens is 5. The number of nitrogens with one attached hydrogen (secondary N) is 1. The molecule has 162 valence electrons. The predicted molar refractivity (Wildman–Crippen MR) is 116 cm³/mol. The van der Waals surface area contributed by atoms with Crippen molar-refractivity contribution in [2.24, 2.45) is 0 Å². The lowest BCUT2D eigenvalue weighted by Crippen LogP contribution is -2.12. The van der Waals surface area contributed by atoms with Crippen LogP contribution in [0.4, 0.5) is 11.6 Å². The number of hydrogen-bond acceptors (Lipinski definition) is 9. The molecule has 0 aliphatic heterocycles. The minimum Gasteiger partial charge on any atom is -0.462 e. The molecule has 0 aliphatic carbocycles. The molecule has 0 radical (unpaired) electrons. The van der Waals surface area contributed by atoms with Crippen molar-refractivity contribution in [2.45, 2.75) is 13.8 Å². The van der Waals surface area contributed by atoms with Crippen LogP contribution in [0.25, 0.3) is 16.7 Å². The maximum absolute atomic E-state index is 12.5. The lowest BCUT2D eigenvalue weighted by atomic mass is 10.2. The van der Waals surface area contributed by atoms with Crippen LogP contribution < -0.4 is 5.32 Å². The molecule has 1 N–H and O–H groups in total. The van der Waals surface area contributed by atoms with E-state index in [1.165, 1.54) is 16.9 Å². The number of benzene rings is 1. The van der Waals surface area contributed by atoms with Gasteiger partial charge in [-0.15, -0.1) is 10.2 Å². The van der Waals surface area contributed by atoms with Crippen molar-refractivity contribution in [2.75, 3.05) is 18.5 Å². The van der Waals surface area contributed by atoms with Crippen LogP contribution in [0.1, 0.15) is 34.7 Å². The van der Waals surface area contributed by atoms with Crippen LogP contribution in [0.15, 0.2) is 54.7 Å². The first-order valence-corrected chi connectivity index (χ1v) is 10.00. The molecule has 0 bridgehead atoms. The van der Waals surface area contributed by atoms with Crippen molar-refractivity contribution in [1.29, 1.82) is 0 Å². The number of anilines is 2. The second-order valence-corrected chi connectivity index (χ2v) is 6.55. The highest BCUT2D eigenvalue weighted by atomic mass is 16.5. The van der Waals surface area contributed by atoms with E-state index in [0.29, 0.717) is 17.5 Å². The van der Waals surface area contributed by atoms with Crippen LogP contribution in [0, 0.1) is 0 Å². The zero-order chi connectivity index (χ0) is 22.5. The molecule has 3 heterocycles. The lowest BCUT2D eigenvalue weighted by Gasteiger charge is -2.11. The minimum atomic E-state index is -0.566. The van der Waals surface area contributed by atoms with Gasteiger partial charge in [0.1, 0.15) is 5.56 Å². The number of fused-ring (bicyclic) bond motifs is 1. The van der Waals surface area contributed by atoms with Crippen LogP contribution in [0.2, 0.25) is 0 Å². The molecule has 4 aromatic rings. The summed E-state index contributed by atoms with van der Waals surface area (Å²) in [6.07, 6.45) is 1.40. The highest BCUT2D eigenvalue weighted by Gasteiger charge is 2.21. The van der Waals surface area contributed by atoms with E-state index in [0.717, 1.165) is 10.9 Å². The summed E-state index contributed by atoms with van der Waals surface area (Å²) in [5.74, 6) is -0.00397. The predicted octanol–water partition coefficient (Wildman–Crippen LogP) is 3.31. The van der Waals surface area contributed by atoms with Gasteiger partial charge in [0.15, 0.2) is 23.1 Å². The second-order valence-electron chi connectivity index (χ2n) is 6.55. The fourth-order valence-corrected chi connectivity index (χ4v) is 3.01. The number of para-hydroxylation sites is 1. The van der Waals surface area contributed by atoms with E-state index in [-0.39, 0.29) is 24.5 Å². The van der Waals surface area contributed by atoms with Crippen LogP contribution in [0.3, 0.4) is 0 Å². The molecule has 0 saturated carbocycles. The zero-order valence-corrected chi connectivity index (χ0v) is 17.5. The molecule has 0 amide bonds. The summed E-state index contributed by atoms with van der Waals surface area (Å²) in [7, 11) is 0. The Kier molecular flexibility index (Phi) is 6.02. The maximum Gasteiger partial charge on any atom is 0.358 e. The first-order chi connectivity index (χ1) is 15.6. The van der Waals surface area contributed by atoms with E-state index in [9.17, 15) is 9.59 Å². The number of nitrogens with zero attached hydrogens (tertiary/aromatic N) is 5. The van der Waals surface area contributed by atoms with Gasteiger partial charge in [0.2, 0.25) is 0 Å². The van der Waals surface area contributed by atoms with Crippen molar-refractivity contribution >= 4 is 34.5 Å². The van der Waals surface area contributed by atoms with Gasteiger partial charge >= 0.3 is 11.9 Å². The van der Waals surface area contributed by atoms with E-state index < -0.39 is 11.9 Å². The average molecular weight is 432 g/mol. The van der Waals surface area contributed by atoms with Crippen LogP contribution in [-0.4, -0.2) is 50.1 Å². The third kappa shape index (κ3) is 4.24. The quantitative estimate of drug-likeness (QED) is 0.438. The highest BCUT2D eigenvalue weighted by molar-refractivity contribution is 5.95. The number of pyridine rings is 1. The number of hydrogen-bond donors (Lipinski definition) is 1. The molecule has 0 fully saturated rings. The Labute approximate surface area is 183 Å². The Balaban J connectivity index is 1.72. The summed E-state index contributed by atoms with van der Waals surface area (Å²) in [4.78, 5) is 28.9. The Morgan fingerprint density at radius 3 is 2.47 bits per heavy atom. The van der Waals surface area contributed by atoms with Gasteiger partial charge in [-0.1, -0.05) is 18.2 Å². The fraction of sp³-hybridized carbons (Fsp3) is 0.182. The monoisotopic (exact) mass is 432 g/mol. The SMILES string of the molecule is CCOC(=O)c1ccc(Nc2c(C(=O)OCC)cnn2-c2ccc3ccccc3n2)nn1. The number of ether oxygens (including phenoxy) is 2. The highest BCUT2D eigenvalue weighted by Crippen LogP contribution is 2.25. The van der Waals surface area contributed by atoms with Gasteiger partial charge in [-0.3, -0.25) is 0 Å². The summed E-state index contributed by atoms with van der Waals surface area (Å²) < 4.78 is 11.6. The Bertz CT molecular complexity index is 1270. The third-order valence-electron chi connectivity index (χ3n) is 4.46. The van der Waals surface area contributed by atoms with E-state index in [2.05, 4.69) is 25.6 Å². The number of rotatable bonds is 7. The normalized spacial score (nSPS) is 10.7. The Hall–Kier alpha value is -4.34. The van der Waals surface area contributed by atoms with Gasteiger partial charge in [0, 0.05) is 5.39 Å². The first kappa shape index (κ1) is 20.9. The third-order valence-corrected chi connectivity index (χ3v) is 4.46. The molecule has 4 rings (SSSR count). The Morgan fingerprint density at radius 2 is 1.72 bits per heavy atom. The molecule has 3 aromatic heterocycles. The van der Waals surface area contributed by atoms with Crippen molar-refractivity contribution < 1.29 is 19.1 Å². The topological polar surface area (TPSA) is 121 Å². The maximum atomic E-state index is 12.5. The van der Waals surface area contributed by atoms with E-state index in [1.807, 2.05) is 30.3 Å². The lowest BCUT2D eigenvalue weighted by molar-refractivity contribution is 0.0512. The Morgan fingerprint density at radius 1 is 0.938 bits per heavy atom. The fourth-order valence-electron chi connectivity index (χ4n) is 3.01. The summed E-state index contributed by atoms with van der Waals surface area (Å²) >= 11 is 0. The average Bonchev–Trinajstić information content (AvgIpc) is 3.23. The molecule has 0 aliphatic rings.